The molecular weight excluding hydrogens is 197 g/mol. The van der Waals surface area contributed by atoms with E-state index in [1.54, 1.807) is 12.1 Å². The summed E-state index contributed by atoms with van der Waals surface area (Å²) in [5.74, 6) is -0.253. The summed E-state index contributed by atoms with van der Waals surface area (Å²) >= 11 is 0. The highest BCUT2D eigenvalue weighted by Crippen LogP contribution is 2.08. The summed E-state index contributed by atoms with van der Waals surface area (Å²) < 4.78 is 23.3. The molecule has 1 aromatic rings. The molecule has 1 aromatic heterocycles. The standard InChI is InChI=1S/C11H16FNO2/c1-11(2,3)15-8-7-14-10-6-4-5-9(12)13-10/h4-6H,7-8H2,1-3H3. The Kier molecular flexibility index (Phi) is 4.03. The Morgan fingerprint density at radius 1 is 1.27 bits per heavy atom. The van der Waals surface area contributed by atoms with E-state index in [1.165, 1.54) is 6.07 Å². The van der Waals surface area contributed by atoms with Crippen molar-refractivity contribution >= 4 is 0 Å². The topological polar surface area (TPSA) is 31.4 Å². The zero-order valence-electron chi connectivity index (χ0n) is 9.29. The molecule has 0 fully saturated rings. The summed E-state index contributed by atoms with van der Waals surface area (Å²) in [6.45, 7) is 6.73. The van der Waals surface area contributed by atoms with Crippen molar-refractivity contribution in [1.82, 2.24) is 4.98 Å². The molecule has 0 unspecified atom stereocenters. The van der Waals surface area contributed by atoms with E-state index < -0.39 is 5.95 Å². The molecule has 4 heteroatoms. The fraction of sp³-hybridized carbons (Fsp3) is 0.545. The zero-order chi connectivity index (χ0) is 11.3. The Morgan fingerprint density at radius 3 is 2.60 bits per heavy atom. The average molecular weight is 213 g/mol. The van der Waals surface area contributed by atoms with Crippen LogP contribution in [0.4, 0.5) is 4.39 Å². The van der Waals surface area contributed by atoms with Gasteiger partial charge in [0.25, 0.3) is 0 Å². The summed E-state index contributed by atoms with van der Waals surface area (Å²) in [7, 11) is 0. The Hall–Kier alpha value is -1.16. The molecule has 15 heavy (non-hydrogen) atoms. The smallest absolute Gasteiger partial charge is 0.216 e. The molecule has 0 spiro atoms. The van der Waals surface area contributed by atoms with Crippen molar-refractivity contribution in [3.05, 3.63) is 24.1 Å². The van der Waals surface area contributed by atoms with Gasteiger partial charge in [-0.2, -0.15) is 9.37 Å². The van der Waals surface area contributed by atoms with Crippen LogP contribution >= 0.6 is 0 Å². The molecule has 0 atom stereocenters. The number of hydrogen-bond donors (Lipinski definition) is 0. The molecule has 0 amide bonds. The minimum atomic E-state index is -0.538. The zero-order valence-corrected chi connectivity index (χ0v) is 9.29. The second kappa shape index (κ2) is 5.07. The molecule has 0 aliphatic rings. The molecule has 0 radical (unpaired) electrons. The summed E-state index contributed by atoms with van der Waals surface area (Å²) in [5, 5.41) is 0. The van der Waals surface area contributed by atoms with Gasteiger partial charge < -0.3 is 9.47 Å². The number of aromatic nitrogens is 1. The molecule has 0 aliphatic carbocycles. The van der Waals surface area contributed by atoms with Crippen LogP contribution in [-0.2, 0) is 4.74 Å². The number of pyridine rings is 1. The molecule has 0 saturated carbocycles. The Morgan fingerprint density at radius 2 is 2.00 bits per heavy atom. The summed E-state index contributed by atoms with van der Waals surface area (Å²) in [5.41, 5.74) is -0.182. The van der Waals surface area contributed by atoms with Crippen LogP contribution in [0.25, 0.3) is 0 Å². The monoisotopic (exact) mass is 213 g/mol. The van der Waals surface area contributed by atoms with Gasteiger partial charge in [-0.3, -0.25) is 0 Å². The maximum Gasteiger partial charge on any atom is 0.216 e. The minimum absolute atomic E-state index is 0.182. The van der Waals surface area contributed by atoms with Crippen LogP contribution in [0.2, 0.25) is 0 Å². The molecular formula is C11H16FNO2. The second-order valence-corrected chi connectivity index (χ2v) is 4.11. The first-order valence-electron chi connectivity index (χ1n) is 4.87. The second-order valence-electron chi connectivity index (χ2n) is 4.11. The van der Waals surface area contributed by atoms with E-state index in [0.717, 1.165) is 0 Å². The van der Waals surface area contributed by atoms with Gasteiger partial charge in [0.05, 0.1) is 12.2 Å². The maximum absolute atomic E-state index is 12.6. The minimum Gasteiger partial charge on any atom is -0.475 e. The van der Waals surface area contributed by atoms with Crippen LogP contribution in [0.1, 0.15) is 20.8 Å². The first-order valence-corrected chi connectivity index (χ1v) is 4.87. The molecule has 0 N–H and O–H groups in total. The molecule has 3 nitrogen and oxygen atoms in total. The quantitative estimate of drug-likeness (QED) is 0.568. The molecule has 0 aliphatic heterocycles. The van der Waals surface area contributed by atoms with Gasteiger partial charge in [-0.1, -0.05) is 6.07 Å². The lowest BCUT2D eigenvalue weighted by Crippen LogP contribution is -2.22. The van der Waals surface area contributed by atoms with Gasteiger partial charge in [-0.25, -0.2) is 0 Å². The van der Waals surface area contributed by atoms with Crippen molar-refractivity contribution < 1.29 is 13.9 Å². The fourth-order valence-corrected chi connectivity index (χ4v) is 0.964. The van der Waals surface area contributed by atoms with Crippen LogP contribution in [0.5, 0.6) is 5.88 Å². The van der Waals surface area contributed by atoms with Crippen LogP contribution in [-0.4, -0.2) is 23.8 Å². The largest absolute Gasteiger partial charge is 0.475 e. The van der Waals surface area contributed by atoms with Gasteiger partial charge in [0, 0.05) is 6.07 Å². The summed E-state index contributed by atoms with van der Waals surface area (Å²) in [4.78, 5) is 3.56. The lowest BCUT2D eigenvalue weighted by atomic mass is 10.2. The summed E-state index contributed by atoms with van der Waals surface area (Å²) in [6.07, 6.45) is 0. The molecule has 0 saturated heterocycles. The van der Waals surface area contributed by atoms with Crippen molar-refractivity contribution in [2.45, 2.75) is 26.4 Å². The number of halogens is 1. The van der Waals surface area contributed by atoms with E-state index in [2.05, 4.69) is 4.98 Å². The van der Waals surface area contributed by atoms with Crippen LogP contribution < -0.4 is 4.74 Å². The highest BCUT2D eigenvalue weighted by molar-refractivity contribution is 5.10. The van der Waals surface area contributed by atoms with Gasteiger partial charge in [0.2, 0.25) is 11.8 Å². The average Bonchev–Trinajstić information content (AvgIpc) is 2.11. The SMILES string of the molecule is CC(C)(C)OCCOc1cccc(F)n1. The lowest BCUT2D eigenvalue weighted by molar-refractivity contribution is -0.0168. The fourth-order valence-electron chi connectivity index (χ4n) is 0.964. The van der Waals surface area contributed by atoms with Crippen molar-refractivity contribution in [2.75, 3.05) is 13.2 Å². The lowest BCUT2D eigenvalue weighted by Gasteiger charge is -2.19. The van der Waals surface area contributed by atoms with Crippen molar-refractivity contribution in [2.24, 2.45) is 0 Å². The van der Waals surface area contributed by atoms with Crippen LogP contribution in [0.3, 0.4) is 0 Å². The normalized spacial score (nSPS) is 11.5. The highest BCUT2D eigenvalue weighted by atomic mass is 19.1. The van der Waals surface area contributed by atoms with E-state index in [0.29, 0.717) is 13.2 Å². The first kappa shape index (κ1) is 11.9. The summed E-state index contributed by atoms with van der Waals surface area (Å²) in [6, 6.07) is 4.45. The predicted molar refractivity (Wildman–Crippen MR) is 55.4 cm³/mol. The Labute approximate surface area is 89.2 Å². The van der Waals surface area contributed by atoms with E-state index in [1.807, 2.05) is 20.8 Å². The van der Waals surface area contributed by atoms with E-state index >= 15 is 0 Å². The van der Waals surface area contributed by atoms with Crippen molar-refractivity contribution in [1.29, 1.82) is 0 Å². The third-order valence-electron chi connectivity index (χ3n) is 1.56. The third kappa shape index (κ3) is 5.32. The van der Waals surface area contributed by atoms with E-state index in [-0.39, 0.29) is 11.5 Å². The van der Waals surface area contributed by atoms with E-state index in [9.17, 15) is 4.39 Å². The van der Waals surface area contributed by atoms with Crippen molar-refractivity contribution in [3.63, 3.8) is 0 Å². The number of ether oxygens (including phenoxy) is 2. The number of rotatable bonds is 4. The Bertz CT molecular complexity index is 310. The predicted octanol–water partition coefficient (Wildman–Crippen LogP) is 2.41. The molecule has 84 valence electrons. The van der Waals surface area contributed by atoms with Crippen LogP contribution in [0.15, 0.2) is 18.2 Å². The third-order valence-corrected chi connectivity index (χ3v) is 1.56. The number of hydrogen-bond acceptors (Lipinski definition) is 3. The number of nitrogens with zero attached hydrogens (tertiary/aromatic N) is 1. The molecule has 0 bridgehead atoms. The Balaban J connectivity index is 2.26. The van der Waals surface area contributed by atoms with Gasteiger partial charge in [0.15, 0.2) is 0 Å². The van der Waals surface area contributed by atoms with Crippen LogP contribution in [0, 0.1) is 5.95 Å². The van der Waals surface area contributed by atoms with E-state index in [4.69, 9.17) is 9.47 Å². The molecule has 1 rings (SSSR count). The van der Waals surface area contributed by atoms with Gasteiger partial charge in [-0.05, 0) is 26.8 Å². The van der Waals surface area contributed by atoms with Gasteiger partial charge >= 0.3 is 0 Å². The van der Waals surface area contributed by atoms with Gasteiger partial charge in [-0.15, -0.1) is 0 Å². The molecule has 0 aromatic carbocycles. The maximum atomic E-state index is 12.6. The first-order chi connectivity index (χ1) is 6.97. The van der Waals surface area contributed by atoms with Gasteiger partial charge in [0.1, 0.15) is 6.61 Å². The van der Waals surface area contributed by atoms with Crippen molar-refractivity contribution in [3.8, 4) is 5.88 Å². The highest BCUT2D eigenvalue weighted by Gasteiger charge is 2.09. The molecule has 1 heterocycles.